The lowest BCUT2D eigenvalue weighted by atomic mass is 9.99. The molecule has 1 aromatic carbocycles. The molecule has 1 fully saturated rings. The summed E-state index contributed by atoms with van der Waals surface area (Å²) in [6.45, 7) is 5.81. The SMILES string of the molecule is Cc1ccc2c(c1)C(=O)N(CCC(=O)N1CCC(C)CC1)C2=O. The number of carbonyl (C=O) groups is 3. The first-order chi connectivity index (χ1) is 11.0. The second-order valence-electron chi connectivity index (χ2n) is 6.62. The number of rotatable bonds is 3. The van der Waals surface area contributed by atoms with Gasteiger partial charge in [0.1, 0.15) is 0 Å². The average molecular weight is 314 g/mol. The number of benzene rings is 1. The van der Waals surface area contributed by atoms with Crippen molar-refractivity contribution in [3.63, 3.8) is 0 Å². The fraction of sp³-hybridized carbons (Fsp3) is 0.500. The van der Waals surface area contributed by atoms with Crippen molar-refractivity contribution in [1.29, 1.82) is 0 Å². The van der Waals surface area contributed by atoms with Gasteiger partial charge in [-0.15, -0.1) is 0 Å². The Morgan fingerprint density at radius 2 is 1.78 bits per heavy atom. The molecule has 5 nitrogen and oxygen atoms in total. The monoisotopic (exact) mass is 314 g/mol. The van der Waals surface area contributed by atoms with E-state index in [2.05, 4.69) is 6.92 Å². The zero-order valence-electron chi connectivity index (χ0n) is 13.7. The van der Waals surface area contributed by atoms with E-state index in [0.29, 0.717) is 17.0 Å². The van der Waals surface area contributed by atoms with Gasteiger partial charge >= 0.3 is 0 Å². The van der Waals surface area contributed by atoms with Crippen LogP contribution in [0.4, 0.5) is 0 Å². The Hall–Kier alpha value is -2.17. The molecular formula is C18H22N2O3. The number of fused-ring (bicyclic) bond motifs is 1. The molecule has 0 atom stereocenters. The third-order valence-electron chi connectivity index (χ3n) is 4.81. The van der Waals surface area contributed by atoms with Gasteiger partial charge in [0.05, 0.1) is 11.1 Å². The first kappa shape index (κ1) is 15.7. The minimum absolute atomic E-state index is 0.0321. The molecule has 0 radical (unpaired) electrons. The second-order valence-corrected chi connectivity index (χ2v) is 6.62. The fourth-order valence-electron chi connectivity index (χ4n) is 3.23. The summed E-state index contributed by atoms with van der Waals surface area (Å²) in [7, 11) is 0. The van der Waals surface area contributed by atoms with Crippen molar-refractivity contribution in [3.8, 4) is 0 Å². The van der Waals surface area contributed by atoms with E-state index in [1.165, 1.54) is 4.90 Å². The van der Waals surface area contributed by atoms with Crippen molar-refractivity contribution in [2.45, 2.75) is 33.1 Å². The molecule has 1 aromatic rings. The smallest absolute Gasteiger partial charge is 0.261 e. The summed E-state index contributed by atoms with van der Waals surface area (Å²) in [4.78, 5) is 40.0. The maximum atomic E-state index is 12.4. The van der Waals surface area contributed by atoms with Crippen LogP contribution in [0.15, 0.2) is 18.2 Å². The van der Waals surface area contributed by atoms with Gasteiger partial charge in [0.2, 0.25) is 5.91 Å². The predicted molar refractivity (Wildman–Crippen MR) is 86.1 cm³/mol. The van der Waals surface area contributed by atoms with Crippen LogP contribution in [0.3, 0.4) is 0 Å². The van der Waals surface area contributed by atoms with Gasteiger partial charge in [0.15, 0.2) is 0 Å². The quantitative estimate of drug-likeness (QED) is 0.804. The van der Waals surface area contributed by atoms with E-state index in [-0.39, 0.29) is 30.7 Å². The third-order valence-corrected chi connectivity index (χ3v) is 4.81. The summed E-state index contributed by atoms with van der Waals surface area (Å²) in [5.74, 6) is 0.127. The molecule has 2 heterocycles. The van der Waals surface area contributed by atoms with Gasteiger partial charge in [-0.1, -0.05) is 18.6 Å². The van der Waals surface area contributed by atoms with Crippen molar-refractivity contribution in [2.24, 2.45) is 5.92 Å². The van der Waals surface area contributed by atoms with E-state index in [4.69, 9.17) is 0 Å². The lowest BCUT2D eigenvalue weighted by Gasteiger charge is -2.30. The van der Waals surface area contributed by atoms with Crippen molar-refractivity contribution in [1.82, 2.24) is 9.80 Å². The summed E-state index contributed by atoms with van der Waals surface area (Å²) < 4.78 is 0. The first-order valence-electron chi connectivity index (χ1n) is 8.22. The number of likely N-dealkylation sites (tertiary alicyclic amines) is 1. The Kier molecular flexibility index (Phi) is 4.20. The normalized spacial score (nSPS) is 18.5. The van der Waals surface area contributed by atoms with Crippen LogP contribution >= 0.6 is 0 Å². The minimum Gasteiger partial charge on any atom is -0.343 e. The van der Waals surface area contributed by atoms with Crippen LogP contribution in [0, 0.1) is 12.8 Å². The van der Waals surface area contributed by atoms with Crippen LogP contribution in [0.5, 0.6) is 0 Å². The molecule has 5 heteroatoms. The zero-order valence-corrected chi connectivity index (χ0v) is 13.7. The van der Waals surface area contributed by atoms with Crippen LogP contribution in [-0.4, -0.2) is 47.2 Å². The maximum absolute atomic E-state index is 12.4. The first-order valence-corrected chi connectivity index (χ1v) is 8.22. The molecule has 1 saturated heterocycles. The fourth-order valence-corrected chi connectivity index (χ4v) is 3.23. The Balaban J connectivity index is 1.62. The molecule has 3 amide bonds. The van der Waals surface area contributed by atoms with Crippen LogP contribution in [-0.2, 0) is 4.79 Å². The molecule has 23 heavy (non-hydrogen) atoms. The van der Waals surface area contributed by atoms with Crippen LogP contribution in [0.25, 0.3) is 0 Å². The average Bonchev–Trinajstić information content (AvgIpc) is 2.77. The second kappa shape index (κ2) is 6.14. The van der Waals surface area contributed by atoms with Gasteiger partial charge in [-0.05, 0) is 37.8 Å². The van der Waals surface area contributed by atoms with Gasteiger partial charge in [0.25, 0.3) is 11.8 Å². The highest BCUT2D eigenvalue weighted by atomic mass is 16.2. The number of aryl methyl sites for hydroxylation is 1. The van der Waals surface area contributed by atoms with Gasteiger partial charge in [-0.25, -0.2) is 0 Å². The van der Waals surface area contributed by atoms with Crippen molar-refractivity contribution >= 4 is 17.7 Å². The zero-order chi connectivity index (χ0) is 16.6. The number of carbonyl (C=O) groups excluding carboxylic acids is 3. The minimum atomic E-state index is -0.287. The summed E-state index contributed by atoms with van der Waals surface area (Å²) in [5, 5.41) is 0. The molecule has 0 bridgehead atoms. The number of nitrogens with zero attached hydrogens (tertiary/aromatic N) is 2. The number of piperidine rings is 1. The van der Waals surface area contributed by atoms with E-state index in [1.807, 2.05) is 17.9 Å². The molecule has 3 rings (SSSR count). The van der Waals surface area contributed by atoms with E-state index in [9.17, 15) is 14.4 Å². The van der Waals surface area contributed by atoms with Gasteiger partial charge in [-0.2, -0.15) is 0 Å². The van der Waals surface area contributed by atoms with Crippen LogP contribution in [0.2, 0.25) is 0 Å². The van der Waals surface area contributed by atoms with Gasteiger partial charge < -0.3 is 4.90 Å². The number of imide groups is 1. The number of amides is 3. The van der Waals surface area contributed by atoms with Crippen LogP contribution < -0.4 is 0 Å². The lowest BCUT2D eigenvalue weighted by Crippen LogP contribution is -2.40. The van der Waals surface area contributed by atoms with E-state index < -0.39 is 0 Å². The largest absolute Gasteiger partial charge is 0.343 e. The molecule has 0 unspecified atom stereocenters. The molecule has 0 N–H and O–H groups in total. The standard InChI is InChI=1S/C18H22N2O3/c1-12-5-8-19(9-6-12)16(21)7-10-20-17(22)14-4-3-13(2)11-15(14)18(20)23/h3-4,11-12H,5-10H2,1-2H3. The van der Waals surface area contributed by atoms with Gasteiger partial charge in [-0.3, -0.25) is 19.3 Å². The van der Waals surface area contributed by atoms with E-state index in [0.717, 1.165) is 31.5 Å². The number of hydrogen-bond acceptors (Lipinski definition) is 3. The highest BCUT2D eigenvalue weighted by Gasteiger charge is 2.35. The Bertz CT molecular complexity index is 660. The molecule has 2 aliphatic rings. The predicted octanol–water partition coefficient (Wildman–Crippen LogP) is 2.24. The summed E-state index contributed by atoms with van der Waals surface area (Å²) >= 11 is 0. The Morgan fingerprint density at radius 1 is 1.13 bits per heavy atom. The highest BCUT2D eigenvalue weighted by molar-refractivity contribution is 6.21. The lowest BCUT2D eigenvalue weighted by molar-refractivity contribution is -0.132. The molecule has 0 saturated carbocycles. The summed E-state index contributed by atoms with van der Waals surface area (Å²) in [6, 6.07) is 5.26. The molecule has 122 valence electrons. The van der Waals surface area contributed by atoms with Gasteiger partial charge in [0, 0.05) is 26.1 Å². The molecule has 0 aromatic heterocycles. The van der Waals surface area contributed by atoms with Crippen molar-refractivity contribution < 1.29 is 14.4 Å². The topological polar surface area (TPSA) is 57.7 Å². The van der Waals surface area contributed by atoms with Crippen molar-refractivity contribution in [2.75, 3.05) is 19.6 Å². The highest BCUT2D eigenvalue weighted by Crippen LogP contribution is 2.24. The van der Waals surface area contributed by atoms with Crippen molar-refractivity contribution in [3.05, 3.63) is 34.9 Å². The summed E-state index contributed by atoms with van der Waals surface area (Å²) in [5.41, 5.74) is 1.85. The Labute approximate surface area is 136 Å². The number of hydrogen-bond donors (Lipinski definition) is 0. The third kappa shape index (κ3) is 3.00. The van der Waals surface area contributed by atoms with Crippen LogP contribution in [0.1, 0.15) is 52.5 Å². The van der Waals surface area contributed by atoms with E-state index >= 15 is 0 Å². The molecule has 0 spiro atoms. The Morgan fingerprint density at radius 3 is 2.48 bits per heavy atom. The molecule has 2 aliphatic heterocycles. The van der Waals surface area contributed by atoms with E-state index in [1.54, 1.807) is 12.1 Å². The molecular weight excluding hydrogens is 292 g/mol. The maximum Gasteiger partial charge on any atom is 0.261 e. The molecule has 0 aliphatic carbocycles. The summed E-state index contributed by atoms with van der Waals surface area (Å²) in [6.07, 6.45) is 2.26.